The molecule has 8 nitrogen and oxygen atoms in total. The maximum Gasteiger partial charge on any atom is 0.235 e. The van der Waals surface area contributed by atoms with E-state index >= 15 is 0 Å². The molecule has 0 saturated carbocycles. The molecule has 0 N–H and O–H groups in total. The molecule has 0 aliphatic carbocycles. The highest BCUT2D eigenvalue weighted by Gasteiger charge is 2.20. The molecule has 0 aliphatic heterocycles. The van der Waals surface area contributed by atoms with Crippen LogP contribution in [0.4, 0.5) is 0 Å². The Labute approximate surface area is 135 Å². The van der Waals surface area contributed by atoms with E-state index < -0.39 is 0 Å². The van der Waals surface area contributed by atoms with Gasteiger partial charge in [0.15, 0.2) is 0 Å². The van der Waals surface area contributed by atoms with Crippen LogP contribution in [0.2, 0.25) is 0 Å². The Bertz CT molecular complexity index is 490. The van der Waals surface area contributed by atoms with Crippen molar-refractivity contribution < 1.29 is 19.2 Å². The van der Waals surface area contributed by atoms with Crippen molar-refractivity contribution in [2.24, 2.45) is 31.3 Å². The second-order valence-electron chi connectivity index (χ2n) is 5.59. The van der Waals surface area contributed by atoms with Gasteiger partial charge in [-0.1, -0.05) is 20.8 Å². The zero-order chi connectivity index (χ0) is 18.0. The largest absolute Gasteiger partial charge is 0.235 e. The van der Waals surface area contributed by atoms with Crippen molar-refractivity contribution in [2.45, 2.75) is 33.6 Å². The SMILES string of the molecule is CC(CCN=C=O)CC(C)(C)CN=C=O.O=C=NCCN=C=O. The summed E-state index contributed by atoms with van der Waals surface area (Å²) >= 11 is 0. The second-order valence-corrected chi connectivity index (χ2v) is 5.59. The van der Waals surface area contributed by atoms with Gasteiger partial charge in [-0.15, -0.1) is 0 Å². The molecular formula is C15H22N4O4. The molecule has 0 saturated heterocycles. The second kappa shape index (κ2) is 15.9. The van der Waals surface area contributed by atoms with Crippen LogP contribution in [-0.2, 0) is 19.2 Å². The molecule has 23 heavy (non-hydrogen) atoms. The number of rotatable bonds is 10. The maximum absolute atomic E-state index is 10.00. The quantitative estimate of drug-likeness (QED) is 0.346. The van der Waals surface area contributed by atoms with Gasteiger partial charge >= 0.3 is 0 Å². The zero-order valence-corrected chi connectivity index (χ0v) is 13.7. The number of carbonyl (C=O) groups excluding carboxylic acids is 4. The molecule has 126 valence electrons. The summed E-state index contributed by atoms with van der Waals surface area (Å²) in [5, 5.41) is 0. The number of isocyanates is 4. The Hall–Kier alpha value is -2.48. The molecule has 0 aromatic heterocycles. The van der Waals surface area contributed by atoms with E-state index in [4.69, 9.17) is 0 Å². The molecule has 0 radical (unpaired) electrons. The summed E-state index contributed by atoms with van der Waals surface area (Å²) < 4.78 is 0. The first kappa shape index (κ1) is 22.8. The lowest BCUT2D eigenvalue weighted by atomic mass is 9.82. The Morgan fingerprint density at radius 2 is 1.22 bits per heavy atom. The summed E-state index contributed by atoms with van der Waals surface area (Å²) in [7, 11) is 0. The average molecular weight is 322 g/mol. The van der Waals surface area contributed by atoms with Crippen molar-refractivity contribution >= 4 is 24.3 Å². The minimum Gasteiger partial charge on any atom is -0.211 e. The fourth-order valence-electron chi connectivity index (χ4n) is 1.88. The predicted octanol–water partition coefficient (Wildman–Crippen LogP) is 1.76. The number of hydrogen-bond acceptors (Lipinski definition) is 8. The minimum absolute atomic E-state index is 0.00171. The fraction of sp³-hybridized carbons (Fsp3) is 0.733. The van der Waals surface area contributed by atoms with Crippen molar-refractivity contribution in [3.05, 3.63) is 0 Å². The van der Waals surface area contributed by atoms with Gasteiger partial charge in [0.1, 0.15) is 0 Å². The monoisotopic (exact) mass is 322 g/mol. The van der Waals surface area contributed by atoms with Crippen molar-refractivity contribution in [3.8, 4) is 0 Å². The molecule has 8 heteroatoms. The average Bonchev–Trinajstić information content (AvgIpc) is 2.50. The number of hydrogen-bond donors (Lipinski definition) is 0. The van der Waals surface area contributed by atoms with Gasteiger partial charge in [-0.2, -0.15) is 0 Å². The van der Waals surface area contributed by atoms with E-state index in [1.54, 1.807) is 6.08 Å². The molecule has 1 atom stereocenters. The lowest BCUT2D eigenvalue weighted by molar-refractivity contribution is 0.280. The van der Waals surface area contributed by atoms with Crippen molar-refractivity contribution in [1.82, 2.24) is 0 Å². The van der Waals surface area contributed by atoms with Crippen molar-refractivity contribution in [1.29, 1.82) is 0 Å². The van der Waals surface area contributed by atoms with Gasteiger partial charge < -0.3 is 0 Å². The maximum atomic E-state index is 10.00. The molecule has 0 fully saturated rings. The first-order valence-corrected chi connectivity index (χ1v) is 7.08. The molecule has 0 heterocycles. The Morgan fingerprint density at radius 1 is 0.783 bits per heavy atom. The van der Waals surface area contributed by atoms with Crippen molar-refractivity contribution in [3.63, 3.8) is 0 Å². The van der Waals surface area contributed by atoms with Crippen LogP contribution in [0.5, 0.6) is 0 Å². The van der Waals surface area contributed by atoms with Gasteiger partial charge in [-0.3, -0.25) is 0 Å². The van der Waals surface area contributed by atoms with E-state index in [2.05, 4.69) is 40.7 Å². The lowest BCUT2D eigenvalue weighted by Gasteiger charge is -2.25. The van der Waals surface area contributed by atoms with E-state index in [1.165, 1.54) is 18.2 Å². The molecule has 0 amide bonds. The van der Waals surface area contributed by atoms with Gasteiger partial charge in [-0.25, -0.2) is 39.1 Å². The standard InChI is InChI=1S/C11H18N2O2.C4H4N2O2/c1-10(4-5-12-8-14)6-11(2,3)7-13-9-15;7-3-5-1-2-6-4-8/h10H,4-7H2,1-3H3;1-2H2. The van der Waals surface area contributed by atoms with Crippen LogP contribution in [0.15, 0.2) is 20.0 Å². The van der Waals surface area contributed by atoms with Crippen LogP contribution < -0.4 is 0 Å². The normalized spacial score (nSPS) is 10.4. The van der Waals surface area contributed by atoms with Crippen LogP contribution in [0.3, 0.4) is 0 Å². The summed E-state index contributed by atoms with van der Waals surface area (Å²) in [6.45, 7) is 7.69. The smallest absolute Gasteiger partial charge is 0.211 e. The van der Waals surface area contributed by atoms with Crippen LogP contribution in [0.1, 0.15) is 33.6 Å². The summed E-state index contributed by atoms with van der Waals surface area (Å²) in [6, 6.07) is 0. The van der Waals surface area contributed by atoms with E-state index in [-0.39, 0.29) is 18.5 Å². The molecule has 0 bridgehead atoms. The molecule has 0 spiro atoms. The van der Waals surface area contributed by atoms with Crippen molar-refractivity contribution in [2.75, 3.05) is 26.2 Å². The Morgan fingerprint density at radius 3 is 1.65 bits per heavy atom. The summed E-state index contributed by atoms with van der Waals surface area (Å²) in [5.41, 5.74) is 0.00171. The Balaban J connectivity index is 0. The van der Waals surface area contributed by atoms with Gasteiger partial charge in [0.05, 0.1) is 26.2 Å². The minimum atomic E-state index is 0.00171. The lowest BCUT2D eigenvalue weighted by Crippen LogP contribution is -2.19. The molecule has 0 aliphatic rings. The first-order chi connectivity index (χ1) is 10.9. The van der Waals surface area contributed by atoms with Crippen LogP contribution in [-0.4, -0.2) is 50.5 Å². The van der Waals surface area contributed by atoms with Gasteiger partial charge in [-0.05, 0) is 24.2 Å². The Kier molecular flexibility index (Phi) is 15.8. The highest BCUT2D eigenvalue weighted by Crippen LogP contribution is 2.27. The van der Waals surface area contributed by atoms with E-state index in [9.17, 15) is 19.2 Å². The fourth-order valence-corrected chi connectivity index (χ4v) is 1.88. The van der Waals surface area contributed by atoms with Crippen LogP contribution in [0, 0.1) is 11.3 Å². The molecule has 0 aromatic rings. The number of aliphatic imine (C=N–C) groups is 4. The number of nitrogens with zero attached hydrogens (tertiary/aromatic N) is 4. The zero-order valence-electron chi connectivity index (χ0n) is 13.7. The van der Waals surface area contributed by atoms with Crippen LogP contribution >= 0.6 is 0 Å². The highest BCUT2D eigenvalue weighted by molar-refractivity contribution is 5.34. The van der Waals surface area contributed by atoms with E-state index in [0.29, 0.717) is 19.0 Å². The highest BCUT2D eigenvalue weighted by atomic mass is 16.1. The molecule has 0 rings (SSSR count). The van der Waals surface area contributed by atoms with Gasteiger partial charge in [0.2, 0.25) is 24.3 Å². The third-order valence-corrected chi connectivity index (χ3v) is 2.72. The summed E-state index contributed by atoms with van der Waals surface area (Å²) in [4.78, 5) is 51.9. The van der Waals surface area contributed by atoms with Gasteiger partial charge in [0.25, 0.3) is 0 Å². The molecule has 0 aromatic carbocycles. The predicted molar refractivity (Wildman–Crippen MR) is 84.1 cm³/mol. The third kappa shape index (κ3) is 19.5. The summed E-state index contributed by atoms with van der Waals surface area (Å²) in [6.07, 6.45) is 7.52. The molecule has 1 unspecified atom stereocenters. The summed E-state index contributed by atoms with van der Waals surface area (Å²) in [5.74, 6) is 0.457. The van der Waals surface area contributed by atoms with E-state index in [0.717, 1.165) is 12.8 Å². The third-order valence-electron chi connectivity index (χ3n) is 2.72. The van der Waals surface area contributed by atoms with Gasteiger partial charge in [0, 0.05) is 0 Å². The van der Waals surface area contributed by atoms with E-state index in [1.807, 2.05) is 0 Å². The molecular weight excluding hydrogens is 300 g/mol. The van der Waals surface area contributed by atoms with Crippen LogP contribution in [0.25, 0.3) is 0 Å². The topological polar surface area (TPSA) is 118 Å². The first-order valence-electron chi connectivity index (χ1n) is 7.08.